The Hall–Kier alpha value is -2.37. The number of benzene rings is 1. The molecule has 0 fully saturated rings. The van der Waals surface area contributed by atoms with Crippen LogP contribution < -0.4 is 15.0 Å². The van der Waals surface area contributed by atoms with E-state index in [4.69, 9.17) is 4.74 Å². The molecule has 0 saturated carbocycles. The molecule has 1 atom stereocenters. The Kier molecular flexibility index (Phi) is 5.50. The van der Waals surface area contributed by atoms with Crippen molar-refractivity contribution in [3.63, 3.8) is 0 Å². The van der Waals surface area contributed by atoms with Crippen LogP contribution in [0.3, 0.4) is 0 Å². The summed E-state index contributed by atoms with van der Waals surface area (Å²) in [6, 6.07) is 5.03. The number of hydrogen-bond acceptors (Lipinski definition) is 4. The fourth-order valence-corrected chi connectivity index (χ4v) is 2.72. The van der Waals surface area contributed by atoms with E-state index in [1.807, 2.05) is 27.7 Å². The lowest BCUT2D eigenvalue weighted by Crippen LogP contribution is -2.51. The first-order chi connectivity index (χ1) is 11.6. The van der Waals surface area contributed by atoms with Crippen molar-refractivity contribution in [3.05, 3.63) is 23.8 Å². The van der Waals surface area contributed by atoms with Gasteiger partial charge in [-0.1, -0.05) is 6.92 Å². The van der Waals surface area contributed by atoms with Crippen molar-refractivity contribution < 1.29 is 19.1 Å². The molecule has 0 aromatic heterocycles. The van der Waals surface area contributed by atoms with Crippen LogP contribution in [0, 0.1) is 0 Å². The van der Waals surface area contributed by atoms with Gasteiger partial charge >= 0.3 is 0 Å². The Morgan fingerprint density at radius 2 is 1.96 bits per heavy atom. The molecule has 6 nitrogen and oxygen atoms in total. The van der Waals surface area contributed by atoms with Gasteiger partial charge in [0, 0.05) is 17.5 Å². The average Bonchev–Trinajstić information content (AvgIpc) is 2.50. The van der Waals surface area contributed by atoms with Gasteiger partial charge in [-0.3, -0.25) is 19.3 Å². The number of rotatable bonds is 5. The van der Waals surface area contributed by atoms with Crippen LogP contribution in [-0.4, -0.2) is 35.8 Å². The summed E-state index contributed by atoms with van der Waals surface area (Å²) in [5.74, 6) is -0.0398. The van der Waals surface area contributed by atoms with Gasteiger partial charge in [0.2, 0.25) is 5.91 Å². The van der Waals surface area contributed by atoms with Crippen molar-refractivity contribution in [1.29, 1.82) is 0 Å². The third-order valence-corrected chi connectivity index (χ3v) is 3.78. The van der Waals surface area contributed by atoms with Crippen LogP contribution in [0.15, 0.2) is 18.2 Å². The van der Waals surface area contributed by atoms with Crippen molar-refractivity contribution in [2.45, 2.75) is 59.1 Å². The zero-order valence-corrected chi connectivity index (χ0v) is 15.5. The standard InChI is InChI=1S/C19H26N2O4/c1-6-7-15(22)13-8-9-16-14(10-13)21(18(24)12(2)25-16)11-17(23)20-19(3,4)5/h8-10,12H,6-7,11H2,1-5H3,(H,20,23). The van der Waals surface area contributed by atoms with E-state index in [1.165, 1.54) is 4.90 Å². The Labute approximate surface area is 148 Å². The van der Waals surface area contributed by atoms with Gasteiger partial charge in [-0.2, -0.15) is 0 Å². The Morgan fingerprint density at radius 3 is 2.56 bits per heavy atom. The van der Waals surface area contributed by atoms with E-state index < -0.39 is 6.10 Å². The molecule has 0 spiro atoms. The molecule has 1 N–H and O–H groups in total. The SMILES string of the molecule is CCCC(=O)c1ccc2c(c1)N(CC(=O)NC(C)(C)C)C(=O)C(C)O2. The number of anilines is 1. The lowest BCUT2D eigenvalue weighted by atomic mass is 10.0. The minimum Gasteiger partial charge on any atom is -0.479 e. The normalized spacial score (nSPS) is 16.9. The Bertz CT molecular complexity index is 691. The lowest BCUT2D eigenvalue weighted by Gasteiger charge is -2.33. The molecule has 6 heteroatoms. The number of nitrogens with one attached hydrogen (secondary N) is 1. The quantitative estimate of drug-likeness (QED) is 0.832. The summed E-state index contributed by atoms with van der Waals surface area (Å²) < 4.78 is 5.62. The van der Waals surface area contributed by atoms with Crippen molar-refractivity contribution in [2.75, 3.05) is 11.4 Å². The highest BCUT2D eigenvalue weighted by Gasteiger charge is 2.33. The van der Waals surface area contributed by atoms with E-state index in [9.17, 15) is 14.4 Å². The summed E-state index contributed by atoms with van der Waals surface area (Å²) in [5, 5.41) is 2.85. The Balaban J connectivity index is 2.33. The highest BCUT2D eigenvalue weighted by Crippen LogP contribution is 2.35. The summed E-state index contributed by atoms with van der Waals surface area (Å²) in [7, 11) is 0. The molecule has 0 bridgehead atoms. The van der Waals surface area contributed by atoms with Gasteiger partial charge in [-0.15, -0.1) is 0 Å². The van der Waals surface area contributed by atoms with Crippen LogP contribution in [-0.2, 0) is 9.59 Å². The molecule has 2 rings (SSSR count). The molecule has 1 aromatic rings. The van der Waals surface area contributed by atoms with E-state index in [0.717, 1.165) is 6.42 Å². The lowest BCUT2D eigenvalue weighted by molar-refractivity contribution is -0.128. The number of carbonyl (C=O) groups excluding carboxylic acids is 3. The van der Waals surface area contributed by atoms with Gasteiger partial charge in [0.15, 0.2) is 11.9 Å². The van der Waals surface area contributed by atoms with Gasteiger partial charge in [0.1, 0.15) is 12.3 Å². The molecule has 0 aliphatic carbocycles. The second kappa shape index (κ2) is 7.25. The third-order valence-electron chi connectivity index (χ3n) is 3.78. The molecule has 1 aliphatic heterocycles. The van der Waals surface area contributed by atoms with Crippen LogP contribution >= 0.6 is 0 Å². The monoisotopic (exact) mass is 346 g/mol. The predicted molar refractivity (Wildman–Crippen MR) is 96.0 cm³/mol. The second-order valence-corrected chi connectivity index (χ2v) is 7.34. The number of ether oxygens (including phenoxy) is 1. The fourth-order valence-electron chi connectivity index (χ4n) is 2.72. The van der Waals surface area contributed by atoms with E-state index in [2.05, 4.69) is 5.32 Å². The molecular formula is C19H26N2O4. The van der Waals surface area contributed by atoms with Gasteiger partial charge < -0.3 is 10.1 Å². The molecule has 0 radical (unpaired) electrons. The first-order valence-electron chi connectivity index (χ1n) is 8.58. The van der Waals surface area contributed by atoms with Crippen molar-refractivity contribution >= 4 is 23.3 Å². The summed E-state index contributed by atoms with van der Waals surface area (Å²) in [6.45, 7) is 9.12. The highest BCUT2D eigenvalue weighted by molar-refractivity contribution is 6.05. The summed E-state index contributed by atoms with van der Waals surface area (Å²) in [5.41, 5.74) is 0.599. The third kappa shape index (κ3) is 4.59. The minimum atomic E-state index is -0.674. The zero-order valence-electron chi connectivity index (χ0n) is 15.5. The van der Waals surface area contributed by atoms with E-state index in [-0.39, 0.29) is 29.7 Å². The summed E-state index contributed by atoms with van der Waals surface area (Å²) >= 11 is 0. The van der Waals surface area contributed by atoms with E-state index in [0.29, 0.717) is 23.4 Å². The number of fused-ring (bicyclic) bond motifs is 1. The predicted octanol–water partition coefficient (Wildman–Crippen LogP) is 2.70. The molecule has 25 heavy (non-hydrogen) atoms. The first-order valence-corrected chi connectivity index (χ1v) is 8.58. The first kappa shape index (κ1) is 19.0. The van der Waals surface area contributed by atoms with Gasteiger partial charge in [-0.05, 0) is 52.3 Å². The largest absolute Gasteiger partial charge is 0.479 e. The Morgan fingerprint density at radius 1 is 1.28 bits per heavy atom. The zero-order chi connectivity index (χ0) is 18.8. The van der Waals surface area contributed by atoms with Gasteiger partial charge in [-0.25, -0.2) is 0 Å². The number of Topliss-reactive ketones (excluding diaryl/α,β-unsaturated/α-hetero) is 1. The molecule has 2 amide bonds. The number of nitrogens with zero attached hydrogens (tertiary/aromatic N) is 1. The van der Waals surface area contributed by atoms with E-state index in [1.54, 1.807) is 25.1 Å². The fraction of sp³-hybridized carbons (Fsp3) is 0.526. The smallest absolute Gasteiger partial charge is 0.268 e. The summed E-state index contributed by atoms with van der Waals surface area (Å²) in [4.78, 5) is 38.4. The van der Waals surface area contributed by atoms with Crippen LogP contribution in [0.2, 0.25) is 0 Å². The van der Waals surface area contributed by atoms with Crippen LogP contribution in [0.4, 0.5) is 5.69 Å². The van der Waals surface area contributed by atoms with Crippen molar-refractivity contribution in [3.8, 4) is 5.75 Å². The van der Waals surface area contributed by atoms with Gasteiger partial charge in [0.05, 0.1) is 5.69 Å². The maximum absolute atomic E-state index is 12.5. The van der Waals surface area contributed by atoms with Gasteiger partial charge in [0.25, 0.3) is 5.91 Å². The molecule has 0 saturated heterocycles. The maximum atomic E-state index is 12.5. The maximum Gasteiger partial charge on any atom is 0.268 e. The number of ketones is 1. The number of amides is 2. The second-order valence-electron chi connectivity index (χ2n) is 7.34. The number of hydrogen-bond donors (Lipinski definition) is 1. The van der Waals surface area contributed by atoms with Crippen LogP contribution in [0.25, 0.3) is 0 Å². The molecular weight excluding hydrogens is 320 g/mol. The molecule has 1 unspecified atom stereocenters. The molecule has 136 valence electrons. The van der Waals surface area contributed by atoms with Crippen LogP contribution in [0.1, 0.15) is 57.8 Å². The molecule has 1 heterocycles. The molecule has 1 aliphatic rings. The summed E-state index contributed by atoms with van der Waals surface area (Å²) in [6.07, 6.45) is 0.515. The minimum absolute atomic E-state index is 0.00969. The number of carbonyl (C=O) groups is 3. The van der Waals surface area contributed by atoms with E-state index >= 15 is 0 Å². The topological polar surface area (TPSA) is 75.7 Å². The average molecular weight is 346 g/mol. The molecule has 1 aromatic carbocycles. The highest BCUT2D eigenvalue weighted by atomic mass is 16.5. The van der Waals surface area contributed by atoms with Crippen LogP contribution in [0.5, 0.6) is 5.75 Å². The van der Waals surface area contributed by atoms with Crippen molar-refractivity contribution in [2.24, 2.45) is 0 Å². The van der Waals surface area contributed by atoms with Crippen molar-refractivity contribution in [1.82, 2.24) is 5.32 Å².